The van der Waals surface area contributed by atoms with Crippen LogP contribution in [0.15, 0.2) is 32.7 Å². The largest absolute Gasteiger partial charge is 0.309 e. The molecule has 2 rings (SSSR count). The lowest BCUT2D eigenvalue weighted by Crippen LogP contribution is -2.15. The van der Waals surface area contributed by atoms with E-state index in [0.29, 0.717) is 6.04 Å². The Morgan fingerprint density at radius 3 is 2.79 bits per heavy atom. The summed E-state index contributed by atoms with van der Waals surface area (Å²) in [5, 5.41) is 9.75. The van der Waals surface area contributed by atoms with Gasteiger partial charge in [-0.3, -0.25) is 0 Å². The van der Waals surface area contributed by atoms with Gasteiger partial charge in [0.1, 0.15) is 0 Å². The van der Waals surface area contributed by atoms with Gasteiger partial charge in [-0.25, -0.2) is 0 Å². The zero-order valence-electron chi connectivity index (χ0n) is 7.66. The van der Waals surface area contributed by atoms with Crippen LogP contribution in [0.5, 0.6) is 0 Å². The maximum absolute atomic E-state index is 3.57. The summed E-state index contributed by atoms with van der Waals surface area (Å²) in [4.78, 5) is 1.35. The fraction of sp³-hybridized carbons (Fsp3) is 0.200. The average Bonchev–Trinajstić information content (AvgIpc) is 2.80. The highest BCUT2D eigenvalue weighted by atomic mass is 79.9. The van der Waals surface area contributed by atoms with E-state index in [2.05, 4.69) is 49.5 Å². The summed E-state index contributed by atoms with van der Waals surface area (Å²) in [6.45, 7) is 0. The molecule has 2 aromatic heterocycles. The van der Waals surface area contributed by atoms with E-state index in [1.54, 1.807) is 22.7 Å². The molecule has 0 saturated heterocycles. The average molecular weight is 288 g/mol. The van der Waals surface area contributed by atoms with Gasteiger partial charge in [-0.05, 0) is 45.4 Å². The molecular formula is C10H10BrNS2. The van der Waals surface area contributed by atoms with Gasteiger partial charge in [-0.2, -0.15) is 11.3 Å². The minimum Gasteiger partial charge on any atom is -0.309 e. The molecule has 1 N–H and O–H groups in total. The molecule has 0 bridgehead atoms. The molecule has 74 valence electrons. The van der Waals surface area contributed by atoms with Gasteiger partial charge in [0.05, 0.1) is 6.04 Å². The third-order valence-electron chi connectivity index (χ3n) is 2.07. The highest BCUT2D eigenvalue weighted by Crippen LogP contribution is 2.33. The maximum Gasteiger partial charge on any atom is 0.0687 e. The van der Waals surface area contributed by atoms with Crippen molar-refractivity contribution in [2.24, 2.45) is 0 Å². The number of nitrogens with one attached hydrogen (secondary N) is 1. The van der Waals surface area contributed by atoms with E-state index in [0.717, 1.165) is 0 Å². The third-order valence-corrected chi connectivity index (χ3v) is 4.76. The molecule has 0 amide bonds. The van der Waals surface area contributed by atoms with Gasteiger partial charge in [0, 0.05) is 14.7 Å². The SMILES string of the molecule is CNC(c1cccs1)c1cscc1Br. The monoisotopic (exact) mass is 287 g/mol. The van der Waals surface area contributed by atoms with Crippen LogP contribution in [-0.2, 0) is 0 Å². The molecule has 1 nitrogen and oxygen atoms in total. The molecule has 2 aromatic rings. The predicted octanol–water partition coefficient (Wildman–Crippen LogP) is 3.88. The first-order valence-electron chi connectivity index (χ1n) is 4.25. The van der Waals surface area contributed by atoms with Crippen molar-refractivity contribution in [2.75, 3.05) is 7.05 Å². The highest BCUT2D eigenvalue weighted by Gasteiger charge is 2.15. The second-order valence-corrected chi connectivity index (χ2v) is 5.49. The van der Waals surface area contributed by atoms with Crippen LogP contribution in [0.2, 0.25) is 0 Å². The molecule has 1 unspecified atom stereocenters. The summed E-state index contributed by atoms with van der Waals surface area (Å²) in [5.74, 6) is 0. The Hall–Kier alpha value is -0.160. The van der Waals surface area contributed by atoms with Crippen molar-refractivity contribution in [3.63, 3.8) is 0 Å². The van der Waals surface area contributed by atoms with Crippen molar-refractivity contribution in [2.45, 2.75) is 6.04 Å². The van der Waals surface area contributed by atoms with E-state index < -0.39 is 0 Å². The minimum atomic E-state index is 0.315. The van der Waals surface area contributed by atoms with Crippen molar-refractivity contribution in [3.05, 3.63) is 43.2 Å². The van der Waals surface area contributed by atoms with Gasteiger partial charge in [-0.1, -0.05) is 6.07 Å². The van der Waals surface area contributed by atoms with E-state index in [4.69, 9.17) is 0 Å². The molecule has 0 radical (unpaired) electrons. The van der Waals surface area contributed by atoms with Gasteiger partial charge in [-0.15, -0.1) is 11.3 Å². The molecular weight excluding hydrogens is 278 g/mol. The van der Waals surface area contributed by atoms with Gasteiger partial charge in [0.25, 0.3) is 0 Å². The fourth-order valence-electron chi connectivity index (χ4n) is 1.40. The number of hydrogen-bond acceptors (Lipinski definition) is 3. The summed E-state index contributed by atoms with van der Waals surface area (Å²) in [5.41, 5.74) is 1.32. The molecule has 0 fully saturated rings. The summed E-state index contributed by atoms with van der Waals surface area (Å²) >= 11 is 7.08. The van der Waals surface area contributed by atoms with Crippen LogP contribution >= 0.6 is 38.6 Å². The molecule has 0 spiro atoms. The van der Waals surface area contributed by atoms with Crippen molar-refractivity contribution < 1.29 is 0 Å². The second-order valence-electron chi connectivity index (χ2n) is 2.91. The summed E-state index contributed by atoms with van der Waals surface area (Å²) in [6, 6.07) is 4.57. The zero-order valence-corrected chi connectivity index (χ0v) is 10.9. The van der Waals surface area contributed by atoms with Crippen molar-refractivity contribution in [1.29, 1.82) is 0 Å². The molecule has 14 heavy (non-hydrogen) atoms. The van der Waals surface area contributed by atoms with Crippen LogP contribution in [0.25, 0.3) is 0 Å². The number of rotatable bonds is 3. The first-order valence-corrected chi connectivity index (χ1v) is 6.86. The van der Waals surface area contributed by atoms with E-state index in [1.165, 1.54) is 14.9 Å². The van der Waals surface area contributed by atoms with Gasteiger partial charge < -0.3 is 5.32 Å². The van der Waals surface area contributed by atoms with Crippen LogP contribution in [0, 0.1) is 0 Å². The minimum absolute atomic E-state index is 0.315. The Bertz CT molecular complexity index is 394. The first kappa shape index (κ1) is 10.4. The Balaban J connectivity index is 2.36. The Labute approximate surface area is 99.9 Å². The number of thiophene rings is 2. The Morgan fingerprint density at radius 1 is 1.43 bits per heavy atom. The summed E-state index contributed by atoms with van der Waals surface area (Å²) in [7, 11) is 1.99. The summed E-state index contributed by atoms with van der Waals surface area (Å²) < 4.78 is 1.19. The quantitative estimate of drug-likeness (QED) is 0.903. The first-order chi connectivity index (χ1) is 6.83. The van der Waals surface area contributed by atoms with Crippen LogP contribution in [0.4, 0.5) is 0 Å². The van der Waals surface area contributed by atoms with Crippen LogP contribution in [-0.4, -0.2) is 7.05 Å². The Kier molecular flexibility index (Phi) is 3.38. The van der Waals surface area contributed by atoms with Gasteiger partial charge in [0.2, 0.25) is 0 Å². The van der Waals surface area contributed by atoms with Gasteiger partial charge in [0.15, 0.2) is 0 Å². The summed E-state index contributed by atoms with van der Waals surface area (Å²) in [6.07, 6.45) is 0. The third kappa shape index (κ3) is 1.93. The van der Waals surface area contributed by atoms with Crippen LogP contribution < -0.4 is 5.32 Å². The lowest BCUT2D eigenvalue weighted by molar-refractivity contribution is 0.704. The fourth-order valence-corrected chi connectivity index (χ4v) is 3.81. The van der Waals surface area contributed by atoms with E-state index >= 15 is 0 Å². The van der Waals surface area contributed by atoms with Crippen molar-refractivity contribution >= 4 is 38.6 Å². The normalized spacial score (nSPS) is 13.0. The van der Waals surface area contributed by atoms with E-state index in [-0.39, 0.29) is 0 Å². The Morgan fingerprint density at radius 2 is 2.29 bits per heavy atom. The zero-order chi connectivity index (χ0) is 9.97. The van der Waals surface area contributed by atoms with Crippen LogP contribution in [0.1, 0.15) is 16.5 Å². The smallest absolute Gasteiger partial charge is 0.0687 e. The number of hydrogen-bond donors (Lipinski definition) is 1. The van der Waals surface area contributed by atoms with Gasteiger partial charge >= 0.3 is 0 Å². The predicted molar refractivity (Wildman–Crippen MR) is 67.2 cm³/mol. The molecule has 1 atom stereocenters. The topological polar surface area (TPSA) is 12.0 Å². The van der Waals surface area contributed by atoms with Crippen LogP contribution in [0.3, 0.4) is 0 Å². The van der Waals surface area contributed by atoms with E-state index in [1.807, 2.05) is 7.05 Å². The molecule has 0 aliphatic heterocycles. The maximum atomic E-state index is 3.57. The molecule has 0 saturated carbocycles. The molecule has 0 aromatic carbocycles. The molecule has 0 aliphatic carbocycles. The van der Waals surface area contributed by atoms with Crippen molar-refractivity contribution in [3.8, 4) is 0 Å². The molecule has 2 heterocycles. The molecule has 0 aliphatic rings. The van der Waals surface area contributed by atoms with Crippen molar-refractivity contribution in [1.82, 2.24) is 5.32 Å². The number of halogens is 1. The van der Waals surface area contributed by atoms with E-state index in [9.17, 15) is 0 Å². The second kappa shape index (κ2) is 4.57. The molecule has 4 heteroatoms. The lowest BCUT2D eigenvalue weighted by atomic mass is 10.1. The standard InChI is InChI=1S/C10H10BrNS2/c1-12-10(9-3-2-4-14-9)7-5-13-6-8(7)11/h2-6,10,12H,1H3. The highest BCUT2D eigenvalue weighted by molar-refractivity contribution is 9.10. The lowest BCUT2D eigenvalue weighted by Gasteiger charge is -2.13.